The van der Waals surface area contributed by atoms with Crippen LogP contribution in [0.3, 0.4) is 0 Å². The molecule has 0 bridgehead atoms. The van der Waals surface area contributed by atoms with Crippen LogP contribution in [0.2, 0.25) is 0 Å². The number of hydrogen-bond acceptors (Lipinski definition) is 2. The fourth-order valence-electron chi connectivity index (χ4n) is 1.49. The van der Waals surface area contributed by atoms with E-state index in [1.165, 1.54) is 12.8 Å². The highest BCUT2D eigenvalue weighted by Gasteiger charge is 2.13. The molecule has 1 rings (SSSR count). The average Bonchev–Trinajstić information content (AvgIpc) is 2.03. The van der Waals surface area contributed by atoms with E-state index in [9.17, 15) is 4.79 Å². The number of nitrogens with one attached hydrogen (secondary N) is 1. The van der Waals surface area contributed by atoms with Gasteiger partial charge in [-0.2, -0.15) is 0 Å². The number of carbonyl (C=O) groups excluding carboxylic acids is 1. The third-order valence-corrected chi connectivity index (χ3v) is 2.34. The van der Waals surface area contributed by atoms with Crippen molar-refractivity contribution in [2.24, 2.45) is 5.92 Å². The first-order chi connectivity index (χ1) is 5.29. The molecule has 64 valence electrons. The van der Waals surface area contributed by atoms with Crippen LogP contribution in [0.4, 0.5) is 0 Å². The van der Waals surface area contributed by atoms with Gasteiger partial charge in [0.15, 0.2) is 0 Å². The second kappa shape index (κ2) is 4.73. The molecule has 3 heteroatoms. The topological polar surface area (TPSA) is 29.1 Å². The third-order valence-electron chi connectivity index (χ3n) is 2.15. The van der Waals surface area contributed by atoms with Crippen molar-refractivity contribution in [2.45, 2.75) is 25.7 Å². The van der Waals surface area contributed by atoms with Crippen molar-refractivity contribution < 1.29 is 4.79 Å². The van der Waals surface area contributed by atoms with E-state index >= 15 is 0 Å². The Morgan fingerprint density at radius 1 is 1.64 bits per heavy atom. The molecule has 1 aliphatic rings. The van der Waals surface area contributed by atoms with E-state index in [-0.39, 0.29) is 5.24 Å². The van der Waals surface area contributed by atoms with Crippen LogP contribution in [0.15, 0.2) is 0 Å². The summed E-state index contributed by atoms with van der Waals surface area (Å²) in [6.07, 6.45) is 3.97. The molecule has 0 amide bonds. The largest absolute Gasteiger partial charge is 0.316 e. The van der Waals surface area contributed by atoms with Crippen molar-refractivity contribution in [2.75, 3.05) is 13.1 Å². The molecule has 11 heavy (non-hydrogen) atoms. The molecule has 0 spiro atoms. The second-order valence-electron chi connectivity index (χ2n) is 3.11. The van der Waals surface area contributed by atoms with Gasteiger partial charge in [0.1, 0.15) is 0 Å². The fourth-order valence-corrected chi connectivity index (χ4v) is 1.60. The van der Waals surface area contributed by atoms with Crippen LogP contribution in [0.25, 0.3) is 0 Å². The molecule has 0 aliphatic carbocycles. The van der Waals surface area contributed by atoms with E-state index in [1.807, 2.05) is 0 Å². The highest BCUT2D eigenvalue weighted by molar-refractivity contribution is 6.63. The molecule has 1 fully saturated rings. The van der Waals surface area contributed by atoms with Crippen LogP contribution in [-0.4, -0.2) is 18.3 Å². The quantitative estimate of drug-likeness (QED) is 0.660. The van der Waals surface area contributed by atoms with Gasteiger partial charge in [-0.25, -0.2) is 0 Å². The summed E-state index contributed by atoms with van der Waals surface area (Å²) in [6.45, 7) is 2.19. The zero-order chi connectivity index (χ0) is 8.10. The van der Waals surface area contributed by atoms with Crippen molar-refractivity contribution in [1.29, 1.82) is 0 Å². The molecular weight excluding hydrogens is 162 g/mol. The van der Waals surface area contributed by atoms with Crippen LogP contribution in [0.1, 0.15) is 25.7 Å². The minimum Gasteiger partial charge on any atom is -0.316 e. The van der Waals surface area contributed by atoms with E-state index < -0.39 is 0 Å². The Balaban J connectivity index is 2.09. The SMILES string of the molecule is O=C(Cl)CCC1CCCNC1. The molecule has 0 saturated carbocycles. The zero-order valence-electron chi connectivity index (χ0n) is 6.61. The fraction of sp³-hybridized carbons (Fsp3) is 0.875. The summed E-state index contributed by atoms with van der Waals surface area (Å²) in [7, 11) is 0. The number of rotatable bonds is 3. The molecule has 0 aromatic rings. The Labute approximate surface area is 72.3 Å². The zero-order valence-corrected chi connectivity index (χ0v) is 7.36. The van der Waals surface area contributed by atoms with Gasteiger partial charge in [0, 0.05) is 6.42 Å². The lowest BCUT2D eigenvalue weighted by Gasteiger charge is -2.21. The first kappa shape index (κ1) is 9.01. The van der Waals surface area contributed by atoms with Crippen molar-refractivity contribution in [1.82, 2.24) is 5.32 Å². The molecule has 1 aliphatic heterocycles. The van der Waals surface area contributed by atoms with Crippen molar-refractivity contribution >= 4 is 16.8 Å². The predicted molar refractivity (Wildman–Crippen MR) is 45.7 cm³/mol. The average molecular weight is 176 g/mol. The lowest BCUT2D eigenvalue weighted by Crippen LogP contribution is -2.29. The summed E-state index contributed by atoms with van der Waals surface area (Å²) < 4.78 is 0. The lowest BCUT2D eigenvalue weighted by atomic mass is 9.95. The summed E-state index contributed by atoms with van der Waals surface area (Å²) in [5.74, 6) is 0.673. The van der Waals surface area contributed by atoms with Crippen LogP contribution in [0, 0.1) is 5.92 Å². The van der Waals surface area contributed by atoms with Gasteiger partial charge >= 0.3 is 0 Å². The van der Waals surface area contributed by atoms with Crippen LogP contribution < -0.4 is 5.32 Å². The molecule has 1 heterocycles. The molecule has 0 radical (unpaired) electrons. The van der Waals surface area contributed by atoms with E-state index in [0.717, 1.165) is 19.5 Å². The molecule has 1 atom stereocenters. The van der Waals surface area contributed by atoms with E-state index in [0.29, 0.717) is 12.3 Å². The summed E-state index contributed by atoms with van der Waals surface area (Å²) in [4.78, 5) is 10.4. The van der Waals surface area contributed by atoms with Gasteiger partial charge in [-0.05, 0) is 49.9 Å². The minimum atomic E-state index is -0.199. The molecular formula is C8H14ClNO. The number of halogens is 1. The first-order valence-electron chi connectivity index (χ1n) is 4.18. The molecule has 2 nitrogen and oxygen atoms in total. The van der Waals surface area contributed by atoms with Gasteiger partial charge in [-0.1, -0.05) is 0 Å². The van der Waals surface area contributed by atoms with Crippen molar-refractivity contribution in [3.05, 3.63) is 0 Å². The number of carbonyl (C=O) groups is 1. The van der Waals surface area contributed by atoms with Crippen LogP contribution in [-0.2, 0) is 4.79 Å². The maximum Gasteiger partial charge on any atom is 0.221 e. The van der Waals surface area contributed by atoms with Gasteiger partial charge in [0.2, 0.25) is 5.24 Å². The van der Waals surface area contributed by atoms with Crippen LogP contribution in [0.5, 0.6) is 0 Å². The van der Waals surface area contributed by atoms with Gasteiger partial charge in [0.25, 0.3) is 0 Å². The van der Waals surface area contributed by atoms with Crippen molar-refractivity contribution in [3.8, 4) is 0 Å². The van der Waals surface area contributed by atoms with E-state index in [1.54, 1.807) is 0 Å². The Bertz CT molecular complexity index is 132. The summed E-state index contributed by atoms with van der Waals surface area (Å²) in [5.41, 5.74) is 0. The van der Waals surface area contributed by atoms with Crippen molar-refractivity contribution in [3.63, 3.8) is 0 Å². The smallest absolute Gasteiger partial charge is 0.221 e. The Morgan fingerprint density at radius 3 is 3.00 bits per heavy atom. The molecule has 1 N–H and O–H groups in total. The highest BCUT2D eigenvalue weighted by Crippen LogP contribution is 2.16. The third kappa shape index (κ3) is 3.73. The molecule has 0 aromatic heterocycles. The molecule has 1 saturated heterocycles. The van der Waals surface area contributed by atoms with Gasteiger partial charge in [0.05, 0.1) is 0 Å². The predicted octanol–water partition coefficient (Wildman–Crippen LogP) is 1.53. The van der Waals surface area contributed by atoms with E-state index in [4.69, 9.17) is 11.6 Å². The first-order valence-corrected chi connectivity index (χ1v) is 4.56. The normalized spacial score (nSPS) is 25.0. The standard InChI is InChI=1S/C8H14ClNO/c9-8(11)4-3-7-2-1-5-10-6-7/h7,10H,1-6H2. The monoisotopic (exact) mass is 175 g/mol. The Kier molecular flexibility index (Phi) is 3.87. The Morgan fingerprint density at radius 2 is 2.45 bits per heavy atom. The molecule has 0 aromatic carbocycles. The number of hydrogen-bond donors (Lipinski definition) is 1. The van der Waals surface area contributed by atoms with E-state index in [2.05, 4.69) is 5.32 Å². The second-order valence-corrected chi connectivity index (χ2v) is 3.53. The van der Waals surface area contributed by atoms with Gasteiger partial charge in [-0.3, -0.25) is 4.79 Å². The summed E-state index contributed by atoms with van der Waals surface area (Å²) >= 11 is 5.24. The maximum absolute atomic E-state index is 10.4. The van der Waals surface area contributed by atoms with Crippen LogP contribution >= 0.6 is 11.6 Å². The Hall–Kier alpha value is -0.0800. The highest BCUT2D eigenvalue weighted by atomic mass is 35.5. The van der Waals surface area contributed by atoms with Gasteiger partial charge < -0.3 is 5.32 Å². The van der Waals surface area contributed by atoms with Gasteiger partial charge in [-0.15, -0.1) is 0 Å². The number of piperidine rings is 1. The summed E-state index contributed by atoms with van der Waals surface area (Å²) in [5, 5.41) is 3.11. The molecule has 1 unspecified atom stereocenters. The minimum absolute atomic E-state index is 0.199. The lowest BCUT2D eigenvalue weighted by molar-refractivity contribution is -0.112. The maximum atomic E-state index is 10.4. The summed E-state index contributed by atoms with van der Waals surface area (Å²) in [6, 6.07) is 0.